The molecule has 3 heteroatoms. The average Bonchev–Trinajstić information content (AvgIpc) is 3.03. The van der Waals surface area contributed by atoms with E-state index in [4.69, 9.17) is 23.2 Å². The number of benzene rings is 1. The quantitative estimate of drug-likeness (QED) is 0.776. The first kappa shape index (κ1) is 14.4. The van der Waals surface area contributed by atoms with Crippen molar-refractivity contribution in [3.05, 3.63) is 46.0 Å². The SMILES string of the molecule is CC(NCCc1ccc(Cl)cc1Cl)C1CC2C=CC1C2. The number of halogens is 2. The van der Waals surface area contributed by atoms with Crippen molar-refractivity contribution in [3.63, 3.8) is 0 Å². The van der Waals surface area contributed by atoms with Crippen LogP contribution in [-0.4, -0.2) is 12.6 Å². The molecule has 0 aliphatic heterocycles. The number of nitrogens with one attached hydrogen (secondary N) is 1. The summed E-state index contributed by atoms with van der Waals surface area (Å²) in [6.45, 7) is 3.29. The van der Waals surface area contributed by atoms with Gasteiger partial charge in [0.2, 0.25) is 0 Å². The van der Waals surface area contributed by atoms with Gasteiger partial charge in [-0.2, -0.15) is 0 Å². The largest absolute Gasteiger partial charge is 0.314 e. The second kappa shape index (κ2) is 6.09. The Balaban J connectivity index is 1.49. The molecular weight excluding hydrogens is 289 g/mol. The molecule has 108 valence electrons. The zero-order valence-corrected chi connectivity index (χ0v) is 13.3. The topological polar surface area (TPSA) is 12.0 Å². The summed E-state index contributed by atoms with van der Waals surface area (Å²) in [5.41, 5.74) is 1.17. The first-order valence-corrected chi connectivity index (χ1v) is 8.24. The van der Waals surface area contributed by atoms with Gasteiger partial charge in [-0.05, 0) is 68.2 Å². The molecule has 1 saturated carbocycles. The van der Waals surface area contributed by atoms with Gasteiger partial charge in [-0.1, -0.05) is 41.4 Å². The van der Waals surface area contributed by atoms with Crippen LogP contribution in [-0.2, 0) is 6.42 Å². The van der Waals surface area contributed by atoms with Gasteiger partial charge < -0.3 is 5.32 Å². The number of allylic oxidation sites excluding steroid dienone is 2. The van der Waals surface area contributed by atoms with Crippen LogP contribution in [0.5, 0.6) is 0 Å². The number of hydrogen-bond donors (Lipinski definition) is 1. The molecule has 0 radical (unpaired) electrons. The summed E-state index contributed by atoms with van der Waals surface area (Å²) >= 11 is 12.1. The van der Waals surface area contributed by atoms with Gasteiger partial charge in [0.1, 0.15) is 0 Å². The van der Waals surface area contributed by atoms with Crippen molar-refractivity contribution in [1.29, 1.82) is 0 Å². The van der Waals surface area contributed by atoms with Crippen LogP contribution in [0.2, 0.25) is 10.0 Å². The van der Waals surface area contributed by atoms with E-state index >= 15 is 0 Å². The summed E-state index contributed by atoms with van der Waals surface area (Å²) in [4.78, 5) is 0. The highest BCUT2D eigenvalue weighted by atomic mass is 35.5. The highest BCUT2D eigenvalue weighted by Crippen LogP contribution is 2.44. The van der Waals surface area contributed by atoms with Crippen molar-refractivity contribution in [3.8, 4) is 0 Å². The fourth-order valence-electron chi connectivity index (χ4n) is 3.71. The Hall–Kier alpha value is -0.500. The van der Waals surface area contributed by atoms with E-state index in [0.717, 1.165) is 35.7 Å². The maximum absolute atomic E-state index is 6.20. The Morgan fingerprint density at radius 1 is 1.25 bits per heavy atom. The van der Waals surface area contributed by atoms with Gasteiger partial charge in [0.15, 0.2) is 0 Å². The van der Waals surface area contributed by atoms with Gasteiger partial charge >= 0.3 is 0 Å². The van der Waals surface area contributed by atoms with Gasteiger partial charge in [-0.3, -0.25) is 0 Å². The summed E-state index contributed by atoms with van der Waals surface area (Å²) in [6.07, 6.45) is 8.52. The molecule has 0 aromatic heterocycles. The molecule has 1 aromatic carbocycles. The van der Waals surface area contributed by atoms with E-state index in [1.54, 1.807) is 0 Å². The molecule has 2 bridgehead atoms. The second-order valence-corrected chi connectivity index (χ2v) is 7.02. The minimum atomic E-state index is 0.584. The minimum absolute atomic E-state index is 0.584. The van der Waals surface area contributed by atoms with Crippen LogP contribution in [0.4, 0.5) is 0 Å². The molecule has 3 rings (SSSR count). The normalized spacial score (nSPS) is 29.1. The zero-order chi connectivity index (χ0) is 14.1. The van der Waals surface area contributed by atoms with E-state index in [1.807, 2.05) is 18.2 Å². The number of rotatable bonds is 5. The molecule has 4 atom stereocenters. The summed E-state index contributed by atoms with van der Waals surface area (Å²) in [5, 5.41) is 5.15. The molecule has 4 unspecified atom stereocenters. The second-order valence-electron chi connectivity index (χ2n) is 6.17. The van der Waals surface area contributed by atoms with Gasteiger partial charge in [0.25, 0.3) is 0 Å². The molecule has 20 heavy (non-hydrogen) atoms. The molecule has 1 nitrogen and oxygen atoms in total. The van der Waals surface area contributed by atoms with Crippen LogP contribution in [0.1, 0.15) is 25.3 Å². The lowest BCUT2D eigenvalue weighted by Crippen LogP contribution is -2.36. The summed E-state index contributed by atoms with van der Waals surface area (Å²) in [7, 11) is 0. The Morgan fingerprint density at radius 2 is 2.10 bits per heavy atom. The average molecular weight is 310 g/mol. The van der Waals surface area contributed by atoms with Crippen molar-refractivity contribution >= 4 is 23.2 Å². The molecular formula is C17H21Cl2N. The summed E-state index contributed by atoms with van der Waals surface area (Å²) < 4.78 is 0. The van der Waals surface area contributed by atoms with Crippen molar-refractivity contribution in [2.24, 2.45) is 17.8 Å². The van der Waals surface area contributed by atoms with Crippen LogP contribution in [0.15, 0.2) is 30.4 Å². The smallest absolute Gasteiger partial charge is 0.0453 e. The third-order valence-electron chi connectivity index (χ3n) is 4.85. The third-order valence-corrected chi connectivity index (χ3v) is 5.44. The van der Waals surface area contributed by atoms with Crippen LogP contribution >= 0.6 is 23.2 Å². The number of fused-ring (bicyclic) bond motifs is 2. The predicted octanol–water partition coefficient (Wildman–Crippen LogP) is 4.73. The summed E-state index contributed by atoms with van der Waals surface area (Å²) in [5.74, 6) is 2.47. The van der Waals surface area contributed by atoms with Gasteiger partial charge in [-0.25, -0.2) is 0 Å². The van der Waals surface area contributed by atoms with Crippen LogP contribution in [0.3, 0.4) is 0 Å². The predicted molar refractivity (Wildman–Crippen MR) is 86.5 cm³/mol. The minimum Gasteiger partial charge on any atom is -0.314 e. The number of hydrogen-bond acceptors (Lipinski definition) is 1. The molecule has 0 amide bonds. The Morgan fingerprint density at radius 3 is 2.75 bits per heavy atom. The van der Waals surface area contributed by atoms with E-state index in [2.05, 4.69) is 24.4 Å². The van der Waals surface area contributed by atoms with Crippen molar-refractivity contribution in [2.75, 3.05) is 6.54 Å². The molecule has 0 heterocycles. The Bertz CT molecular complexity index is 512. The molecule has 1 aromatic rings. The van der Waals surface area contributed by atoms with E-state index in [0.29, 0.717) is 11.1 Å². The van der Waals surface area contributed by atoms with Crippen molar-refractivity contribution in [2.45, 2.75) is 32.2 Å². The van der Waals surface area contributed by atoms with Crippen LogP contribution in [0.25, 0.3) is 0 Å². The molecule has 0 spiro atoms. The van der Waals surface area contributed by atoms with E-state index in [1.165, 1.54) is 18.4 Å². The lowest BCUT2D eigenvalue weighted by molar-refractivity contribution is 0.329. The fourth-order valence-corrected chi connectivity index (χ4v) is 4.21. The highest BCUT2D eigenvalue weighted by molar-refractivity contribution is 6.35. The molecule has 1 fully saturated rings. The van der Waals surface area contributed by atoms with E-state index in [9.17, 15) is 0 Å². The maximum atomic E-state index is 6.20. The molecule has 2 aliphatic rings. The Kier molecular flexibility index (Phi) is 4.40. The first-order valence-electron chi connectivity index (χ1n) is 7.49. The van der Waals surface area contributed by atoms with Gasteiger partial charge in [0.05, 0.1) is 0 Å². The zero-order valence-electron chi connectivity index (χ0n) is 11.8. The van der Waals surface area contributed by atoms with Gasteiger partial charge in [-0.15, -0.1) is 0 Å². The molecule has 1 N–H and O–H groups in total. The highest BCUT2D eigenvalue weighted by Gasteiger charge is 2.38. The lowest BCUT2D eigenvalue weighted by Gasteiger charge is -2.26. The maximum Gasteiger partial charge on any atom is 0.0453 e. The molecule has 0 saturated heterocycles. The lowest BCUT2D eigenvalue weighted by atomic mass is 9.87. The van der Waals surface area contributed by atoms with E-state index < -0.39 is 0 Å². The van der Waals surface area contributed by atoms with Crippen molar-refractivity contribution in [1.82, 2.24) is 5.32 Å². The molecule has 2 aliphatic carbocycles. The van der Waals surface area contributed by atoms with Gasteiger partial charge in [0, 0.05) is 16.1 Å². The first-order chi connectivity index (χ1) is 9.63. The standard InChI is InChI=1S/C17H21Cl2N/c1-11(16-9-12-2-3-14(16)8-12)20-7-6-13-4-5-15(18)10-17(13)19/h2-5,10-12,14,16,20H,6-9H2,1H3. The third kappa shape index (κ3) is 3.05. The van der Waals surface area contributed by atoms with E-state index in [-0.39, 0.29) is 0 Å². The Labute approximate surface area is 131 Å². The fraction of sp³-hybridized carbons (Fsp3) is 0.529. The van der Waals surface area contributed by atoms with Crippen molar-refractivity contribution < 1.29 is 0 Å². The summed E-state index contributed by atoms with van der Waals surface area (Å²) in [6, 6.07) is 6.34. The van der Waals surface area contributed by atoms with Crippen LogP contribution in [0, 0.1) is 17.8 Å². The van der Waals surface area contributed by atoms with Crippen LogP contribution < -0.4 is 5.32 Å². The monoisotopic (exact) mass is 309 g/mol.